The van der Waals surface area contributed by atoms with E-state index in [1.807, 2.05) is 0 Å². The molecule has 0 spiro atoms. The highest BCUT2D eigenvalue weighted by atomic mass is 19.1. The van der Waals surface area contributed by atoms with E-state index in [9.17, 15) is 14.0 Å². The Morgan fingerprint density at radius 3 is 2.52 bits per heavy atom. The molecule has 0 aliphatic carbocycles. The molecule has 6 heteroatoms. The highest BCUT2D eigenvalue weighted by Gasteiger charge is 2.17. The second-order valence-corrected chi connectivity index (χ2v) is 4.92. The third-order valence-electron chi connectivity index (χ3n) is 3.31. The van der Waals surface area contributed by atoms with Crippen LogP contribution in [0.4, 0.5) is 4.39 Å². The van der Waals surface area contributed by atoms with Gasteiger partial charge in [0.25, 0.3) is 0 Å². The van der Waals surface area contributed by atoms with Gasteiger partial charge in [-0.1, -0.05) is 0 Å². The molecule has 2 rings (SSSR count). The zero-order chi connectivity index (χ0) is 15.1. The van der Waals surface area contributed by atoms with Crippen LogP contribution < -0.4 is 10.1 Å². The van der Waals surface area contributed by atoms with Gasteiger partial charge in [0.15, 0.2) is 0 Å². The van der Waals surface area contributed by atoms with Gasteiger partial charge in [-0.25, -0.2) is 4.39 Å². The number of carbonyl (C=O) groups is 2. The molecule has 1 fully saturated rings. The van der Waals surface area contributed by atoms with Crippen LogP contribution in [-0.4, -0.2) is 43.0 Å². The van der Waals surface area contributed by atoms with Crippen LogP contribution in [0.15, 0.2) is 24.3 Å². The first kappa shape index (κ1) is 15.3. The molecule has 0 bridgehead atoms. The molecule has 1 aliphatic heterocycles. The standard InChI is InChI=1S/C15H19FN2O3/c16-12-3-5-13(6-4-12)21-10-7-14(19)17-11-15(20)18-8-1-2-9-18/h3-6H,1-2,7-11H2,(H,17,19). The van der Waals surface area contributed by atoms with Crippen LogP contribution in [0.1, 0.15) is 19.3 Å². The molecule has 1 aromatic rings. The number of benzene rings is 1. The average molecular weight is 294 g/mol. The molecule has 0 aromatic heterocycles. The van der Waals surface area contributed by atoms with E-state index in [4.69, 9.17) is 4.74 Å². The van der Waals surface area contributed by atoms with E-state index in [-0.39, 0.29) is 37.2 Å². The van der Waals surface area contributed by atoms with Gasteiger partial charge in [0.2, 0.25) is 11.8 Å². The normalized spacial score (nSPS) is 14.0. The summed E-state index contributed by atoms with van der Waals surface area (Å²) in [6, 6.07) is 5.60. The summed E-state index contributed by atoms with van der Waals surface area (Å²) in [5.41, 5.74) is 0. The van der Waals surface area contributed by atoms with Crippen LogP contribution >= 0.6 is 0 Å². The van der Waals surface area contributed by atoms with Gasteiger partial charge in [0.05, 0.1) is 19.6 Å². The third-order valence-corrected chi connectivity index (χ3v) is 3.31. The predicted octanol–water partition coefficient (Wildman–Crippen LogP) is 1.33. The molecule has 1 aliphatic rings. The number of hydrogen-bond donors (Lipinski definition) is 1. The molecule has 1 aromatic carbocycles. The first-order valence-electron chi connectivity index (χ1n) is 7.08. The highest BCUT2D eigenvalue weighted by molar-refractivity contribution is 5.84. The number of carbonyl (C=O) groups excluding carboxylic acids is 2. The monoisotopic (exact) mass is 294 g/mol. The van der Waals surface area contributed by atoms with Crippen LogP contribution in [0.2, 0.25) is 0 Å². The van der Waals surface area contributed by atoms with Crippen molar-refractivity contribution >= 4 is 11.8 Å². The van der Waals surface area contributed by atoms with E-state index in [0.29, 0.717) is 5.75 Å². The predicted molar refractivity (Wildman–Crippen MR) is 75.3 cm³/mol. The summed E-state index contributed by atoms with van der Waals surface area (Å²) in [7, 11) is 0. The van der Waals surface area contributed by atoms with Gasteiger partial charge in [-0.15, -0.1) is 0 Å². The first-order valence-corrected chi connectivity index (χ1v) is 7.08. The number of halogens is 1. The SMILES string of the molecule is O=C(CCOc1ccc(F)cc1)NCC(=O)N1CCCC1. The van der Waals surface area contributed by atoms with Crippen molar-refractivity contribution in [3.63, 3.8) is 0 Å². The Bertz CT molecular complexity index is 484. The number of nitrogens with one attached hydrogen (secondary N) is 1. The molecular formula is C15H19FN2O3. The highest BCUT2D eigenvalue weighted by Crippen LogP contribution is 2.11. The summed E-state index contributed by atoms with van der Waals surface area (Å²) < 4.78 is 18.0. The van der Waals surface area contributed by atoms with Crippen LogP contribution in [0.3, 0.4) is 0 Å². The lowest BCUT2D eigenvalue weighted by molar-refractivity contribution is -0.132. The largest absolute Gasteiger partial charge is 0.493 e. The number of ether oxygens (including phenoxy) is 1. The topological polar surface area (TPSA) is 58.6 Å². The van der Waals surface area contributed by atoms with E-state index in [1.54, 1.807) is 4.90 Å². The lowest BCUT2D eigenvalue weighted by Gasteiger charge is -2.15. The zero-order valence-corrected chi connectivity index (χ0v) is 11.8. The molecule has 0 atom stereocenters. The Kier molecular flexibility index (Phi) is 5.54. The lowest BCUT2D eigenvalue weighted by Crippen LogP contribution is -2.38. The Balaban J connectivity index is 1.61. The molecule has 114 valence electrons. The van der Waals surface area contributed by atoms with Crippen molar-refractivity contribution in [2.75, 3.05) is 26.2 Å². The molecular weight excluding hydrogens is 275 g/mol. The summed E-state index contributed by atoms with van der Waals surface area (Å²) >= 11 is 0. The van der Waals surface area contributed by atoms with Crippen molar-refractivity contribution < 1.29 is 18.7 Å². The molecule has 2 amide bonds. The van der Waals surface area contributed by atoms with Gasteiger partial charge in [0.1, 0.15) is 11.6 Å². The van der Waals surface area contributed by atoms with Gasteiger partial charge in [0, 0.05) is 13.1 Å². The van der Waals surface area contributed by atoms with Gasteiger partial charge in [-0.05, 0) is 37.1 Å². The van der Waals surface area contributed by atoms with Gasteiger partial charge in [-0.3, -0.25) is 9.59 Å². The second kappa shape index (κ2) is 7.61. The molecule has 21 heavy (non-hydrogen) atoms. The maximum atomic E-state index is 12.7. The molecule has 0 unspecified atom stereocenters. The fourth-order valence-corrected chi connectivity index (χ4v) is 2.13. The number of amides is 2. The van der Waals surface area contributed by atoms with Gasteiger partial charge in [-0.2, -0.15) is 0 Å². The van der Waals surface area contributed by atoms with Crippen molar-refractivity contribution in [2.45, 2.75) is 19.3 Å². The minimum absolute atomic E-state index is 0.0371. The third kappa shape index (κ3) is 5.06. The van der Waals surface area contributed by atoms with Crippen molar-refractivity contribution in [2.24, 2.45) is 0 Å². The molecule has 0 saturated carbocycles. The van der Waals surface area contributed by atoms with Crippen LogP contribution in [0.5, 0.6) is 5.75 Å². The summed E-state index contributed by atoms with van der Waals surface area (Å²) in [5, 5.41) is 2.58. The average Bonchev–Trinajstić information content (AvgIpc) is 3.01. The van der Waals surface area contributed by atoms with E-state index in [0.717, 1.165) is 25.9 Å². The van der Waals surface area contributed by atoms with E-state index in [2.05, 4.69) is 5.32 Å². The van der Waals surface area contributed by atoms with Crippen molar-refractivity contribution in [3.05, 3.63) is 30.1 Å². The van der Waals surface area contributed by atoms with Crippen LogP contribution in [-0.2, 0) is 9.59 Å². The van der Waals surface area contributed by atoms with Crippen molar-refractivity contribution in [1.82, 2.24) is 10.2 Å². The summed E-state index contributed by atoms with van der Waals surface area (Å²) in [6.07, 6.45) is 2.22. The summed E-state index contributed by atoms with van der Waals surface area (Å²) in [4.78, 5) is 25.1. The number of likely N-dealkylation sites (tertiary alicyclic amines) is 1. The molecule has 1 N–H and O–H groups in total. The number of nitrogens with zero attached hydrogens (tertiary/aromatic N) is 1. The van der Waals surface area contributed by atoms with E-state index in [1.165, 1.54) is 24.3 Å². The maximum Gasteiger partial charge on any atom is 0.241 e. The van der Waals surface area contributed by atoms with Crippen molar-refractivity contribution in [1.29, 1.82) is 0 Å². The first-order chi connectivity index (χ1) is 10.1. The Morgan fingerprint density at radius 1 is 1.19 bits per heavy atom. The second-order valence-electron chi connectivity index (χ2n) is 4.92. The smallest absolute Gasteiger partial charge is 0.241 e. The minimum Gasteiger partial charge on any atom is -0.493 e. The fraction of sp³-hybridized carbons (Fsp3) is 0.467. The van der Waals surface area contributed by atoms with Crippen LogP contribution in [0, 0.1) is 5.82 Å². The van der Waals surface area contributed by atoms with E-state index < -0.39 is 0 Å². The van der Waals surface area contributed by atoms with Crippen molar-refractivity contribution in [3.8, 4) is 5.75 Å². The molecule has 1 heterocycles. The van der Waals surface area contributed by atoms with E-state index >= 15 is 0 Å². The van der Waals surface area contributed by atoms with Gasteiger partial charge >= 0.3 is 0 Å². The summed E-state index contributed by atoms with van der Waals surface area (Å²) in [6.45, 7) is 1.79. The number of hydrogen-bond acceptors (Lipinski definition) is 3. The molecule has 5 nitrogen and oxygen atoms in total. The Labute approximate surface area is 123 Å². The summed E-state index contributed by atoms with van der Waals surface area (Å²) in [5.74, 6) is -0.0946. The Morgan fingerprint density at radius 2 is 1.86 bits per heavy atom. The molecule has 1 saturated heterocycles. The zero-order valence-electron chi connectivity index (χ0n) is 11.8. The Hall–Kier alpha value is -2.11. The quantitative estimate of drug-likeness (QED) is 0.861. The fourth-order valence-electron chi connectivity index (χ4n) is 2.13. The maximum absolute atomic E-state index is 12.7. The van der Waals surface area contributed by atoms with Gasteiger partial charge < -0.3 is 15.0 Å². The van der Waals surface area contributed by atoms with Crippen LogP contribution in [0.25, 0.3) is 0 Å². The number of rotatable bonds is 6. The molecule has 0 radical (unpaired) electrons. The lowest BCUT2D eigenvalue weighted by atomic mass is 10.3. The minimum atomic E-state index is -0.333.